The Balaban J connectivity index is 4.22. The molecule has 0 aromatic rings. The second kappa shape index (κ2) is 7.34. The standard InChI is InChI=1S/C9H11N3O3/c10-3-1-5-12(6-2-4-11)8(13)7-9(14)15/h1-2,5-7H2,(H,14,15). The lowest BCUT2D eigenvalue weighted by Crippen LogP contribution is -2.34. The fourth-order valence-electron chi connectivity index (χ4n) is 0.972. The Morgan fingerprint density at radius 3 is 1.93 bits per heavy atom. The van der Waals surface area contributed by atoms with Crippen LogP contribution in [0.1, 0.15) is 19.3 Å². The van der Waals surface area contributed by atoms with Crippen LogP contribution in [0.5, 0.6) is 0 Å². The number of carbonyl (C=O) groups is 2. The van der Waals surface area contributed by atoms with Gasteiger partial charge in [0.25, 0.3) is 0 Å². The number of nitrogens with zero attached hydrogens (tertiary/aromatic N) is 3. The molecule has 0 aliphatic heterocycles. The van der Waals surface area contributed by atoms with Crippen molar-refractivity contribution in [2.45, 2.75) is 19.3 Å². The maximum Gasteiger partial charge on any atom is 0.312 e. The summed E-state index contributed by atoms with van der Waals surface area (Å²) in [4.78, 5) is 22.8. The second-order valence-corrected chi connectivity index (χ2v) is 2.77. The van der Waals surface area contributed by atoms with E-state index in [1.54, 1.807) is 0 Å². The summed E-state index contributed by atoms with van der Waals surface area (Å²) in [5.41, 5.74) is 0. The largest absolute Gasteiger partial charge is 0.481 e. The van der Waals surface area contributed by atoms with Crippen molar-refractivity contribution in [1.29, 1.82) is 10.5 Å². The maximum absolute atomic E-state index is 11.3. The van der Waals surface area contributed by atoms with Crippen LogP contribution < -0.4 is 0 Å². The zero-order chi connectivity index (χ0) is 11.7. The van der Waals surface area contributed by atoms with E-state index in [4.69, 9.17) is 15.6 Å². The molecule has 0 heterocycles. The first-order chi connectivity index (χ1) is 7.11. The van der Waals surface area contributed by atoms with Crippen molar-refractivity contribution < 1.29 is 14.7 Å². The summed E-state index contributed by atoms with van der Waals surface area (Å²) in [5.74, 6) is -1.77. The van der Waals surface area contributed by atoms with Gasteiger partial charge in [0, 0.05) is 13.1 Å². The summed E-state index contributed by atoms with van der Waals surface area (Å²) in [7, 11) is 0. The van der Waals surface area contributed by atoms with Gasteiger partial charge in [0.05, 0.1) is 25.0 Å². The molecular formula is C9H11N3O3. The van der Waals surface area contributed by atoms with Gasteiger partial charge in [-0.05, 0) is 0 Å². The molecule has 0 rings (SSSR count). The van der Waals surface area contributed by atoms with Crippen LogP contribution in [0.3, 0.4) is 0 Å². The third-order valence-electron chi connectivity index (χ3n) is 1.64. The van der Waals surface area contributed by atoms with Crippen molar-refractivity contribution in [1.82, 2.24) is 4.90 Å². The molecule has 80 valence electrons. The lowest BCUT2D eigenvalue weighted by molar-refractivity contribution is -0.144. The Bertz CT molecular complexity index is 296. The van der Waals surface area contributed by atoms with Gasteiger partial charge in [-0.1, -0.05) is 0 Å². The van der Waals surface area contributed by atoms with Gasteiger partial charge < -0.3 is 10.0 Å². The number of carbonyl (C=O) groups excluding carboxylic acids is 1. The molecule has 0 spiro atoms. The van der Waals surface area contributed by atoms with Crippen LogP contribution in [-0.2, 0) is 9.59 Å². The lowest BCUT2D eigenvalue weighted by atomic mass is 10.3. The van der Waals surface area contributed by atoms with Gasteiger partial charge in [-0.25, -0.2) is 0 Å². The summed E-state index contributed by atoms with van der Waals surface area (Å²) in [6, 6.07) is 3.72. The van der Waals surface area contributed by atoms with E-state index >= 15 is 0 Å². The van der Waals surface area contributed by atoms with Crippen molar-refractivity contribution >= 4 is 11.9 Å². The van der Waals surface area contributed by atoms with Crippen molar-refractivity contribution in [2.75, 3.05) is 13.1 Å². The number of rotatable bonds is 6. The van der Waals surface area contributed by atoms with Crippen LogP contribution in [0.2, 0.25) is 0 Å². The Morgan fingerprint density at radius 2 is 1.60 bits per heavy atom. The molecule has 0 atom stereocenters. The third-order valence-corrected chi connectivity index (χ3v) is 1.64. The number of carboxylic acid groups (broad SMARTS) is 1. The SMILES string of the molecule is N#CCCN(CCC#N)C(=O)CC(=O)O. The summed E-state index contributed by atoms with van der Waals surface area (Å²) < 4.78 is 0. The maximum atomic E-state index is 11.3. The van der Waals surface area contributed by atoms with Crippen LogP contribution in [-0.4, -0.2) is 35.0 Å². The van der Waals surface area contributed by atoms with Gasteiger partial charge in [0.2, 0.25) is 5.91 Å². The molecule has 0 aromatic carbocycles. The zero-order valence-corrected chi connectivity index (χ0v) is 8.14. The fourth-order valence-corrected chi connectivity index (χ4v) is 0.972. The van der Waals surface area contributed by atoms with Gasteiger partial charge in [-0.3, -0.25) is 9.59 Å². The number of amides is 1. The van der Waals surface area contributed by atoms with Crippen LogP contribution in [0.25, 0.3) is 0 Å². The van der Waals surface area contributed by atoms with Crippen molar-refractivity contribution in [2.24, 2.45) is 0 Å². The smallest absolute Gasteiger partial charge is 0.312 e. The summed E-state index contributed by atoms with van der Waals surface area (Å²) in [6.07, 6.45) is -0.329. The first-order valence-electron chi connectivity index (χ1n) is 4.35. The third kappa shape index (κ3) is 6.05. The van der Waals surface area contributed by atoms with Gasteiger partial charge in [0.15, 0.2) is 0 Å². The highest BCUT2D eigenvalue weighted by molar-refractivity contribution is 5.93. The van der Waals surface area contributed by atoms with E-state index < -0.39 is 18.3 Å². The summed E-state index contributed by atoms with van der Waals surface area (Å²) >= 11 is 0. The van der Waals surface area contributed by atoms with Gasteiger partial charge >= 0.3 is 5.97 Å². The molecular weight excluding hydrogens is 198 g/mol. The molecule has 0 fully saturated rings. The van der Waals surface area contributed by atoms with Gasteiger partial charge in [0.1, 0.15) is 6.42 Å². The first kappa shape index (κ1) is 12.9. The Labute approximate surface area is 87.3 Å². The molecule has 6 nitrogen and oxygen atoms in total. The zero-order valence-electron chi connectivity index (χ0n) is 8.14. The Hall–Kier alpha value is -2.08. The summed E-state index contributed by atoms with van der Waals surface area (Å²) in [5, 5.41) is 25.1. The minimum absolute atomic E-state index is 0.136. The normalized spacial score (nSPS) is 8.67. The summed E-state index contributed by atoms with van der Waals surface area (Å²) in [6.45, 7) is 0.342. The van der Waals surface area contributed by atoms with E-state index in [1.165, 1.54) is 4.90 Å². The van der Waals surface area contributed by atoms with Crippen molar-refractivity contribution in [3.05, 3.63) is 0 Å². The molecule has 0 aliphatic rings. The molecule has 0 radical (unpaired) electrons. The molecule has 0 aliphatic carbocycles. The quantitative estimate of drug-likeness (QED) is 0.625. The van der Waals surface area contributed by atoms with Gasteiger partial charge in [-0.2, -0.15) is 10.5 Å². The number of hydrogen-bond donors (Lipinski definition) is 1. The number of hydrogen-bond acceptors (Lipinski definition) is 4. The highest BCUT2D eigenvalue weighted by Gasteiger charge is 2.15. The van der Waals surface area contributed by atoms with E-state index in [1.807, 2.05) is 12.1 Å². The topological polar surface area (TPSA) is 105 Å². The van der Waals surface area contributed by atoms with Crippen molar-refractivity contribution in [3.8, 4) is 12.1 Å². The van der Waals surface area contributed by atoms with Gasteiger partial charge in [-0.15, -0.1) is 0 Å². The number of carboxylic acids is 1. The minimum atomic E-state index is -1.21. The lowest BCUT2D eigenvalue weighted by Gasteiger charge is -2.19. The molecule has 0 saturated heterocycles. The van der Waals surface area contributed by atoms with E-state index in [9.17, 15) is 9.59 Å². The van der Waals surface area contributed by atoms with Crippen LogP contribution in [0.15, 0.2) is 0 Å². The monoisotopic (exact) mass is 209 g/mol. The van der Waals surface area contributed by atoms with Crippen molar-refractivity contribution in [3.63, 3.8) is 0 Å². The Kier molecular flexibility index (Phi) is 6.32. The molecule has 0 saturated carbocycles. The molecule has 1 amide bonds. The highest BCUT2D eigenvalue weighted by Crippen LogP contribution is 1.98. The molecule has 0 unspecified atom stereocenters. The predicted molar refractivity (Wildman–Crippen MR) is 49.3 cm³/mol. The first-order valence-corrected chi connectivity index (χ1v) is 4.35. The number of aliphatic carboxylic acids is 1. The molecule has 0 bridgehead atoms. The van der Waals surface area contributed by atoms with E-state index in [-0.39, 0.29) is 25.9 Å². The van der Waals surface area contributed by atoms with Crippen LogP contribution in [0.4, 0.5) is 0 Å². The average molecular weight is 209 g/mol. The minimum Gasteiger partial charge on any atom is -0.481 e. The Morgan fingerprint density at radius 1 is 1.13 bits per heavy atom. The van der Waals surface area contributed by atoms with Crippen LogP contribution in [0, 0.1) is 22.7 Å². The second-order valence-electron chi connectivity index (χ2n) is 2.77. The molecule has 15 heavy (non-hydrogen) atoms. The van der Waals surface area contributed by atoms with Crippen LogP contribution >= 0.6 is 0 Å². The molecule has 1 N–H and O–H groups in total. The van der Waals surface area contributed by atoms with E-state index in [0.717, 1.165) is 0 Å². The number of nitriles is 2. The fraction of sp³-hybridized carbons (Fsp3) is 0.556. The van der Waals surface area contributed by atoms with E-state index in [0.29, 0.717) is 0 Å². The highest BCUT2D eigenvalue weighted by atomic mass is 16.4. The molecule has 6 heteroatoms. The average Bonchev–Trinajstić information content (AvgIpc) is 2.17. The van der Waals surface area contributed by atoms with E-state index in [2.05, 4.69) is 0 Å². The molecule has 0 aromatic heterocycles. The predicted octanol–water partition coefficient (Wildman–Crippen LogP) is 0.117.